The third kappa shape index (κ3) is 2.79. The highest BCUT2D eigenvalue weighted by molar-refractivity contribution is 6.01. The summed E-state index contributed by atoms with van der Waals surface area (Å²) in [5.41, 5.74) is -6.89. The van der Waals surface area contributed by atoms with Gasteiger partial charge in [0.1, 0.15) is 17.3 Å². The van der Waals surface area contributed by atoms with E-state index in [4.69, 9.17) is 9.84 Å². The molecule has 1 aliphatic heterocycles. The largest absolute Gasteiger partial charge is 0.481 e. The molecule has 1 spiro atoms. The number of carbonyl (C=O) groups excluding carboxylic acids is 2. The molecule has 4 fully saturated rings. The Morgan fingerprint density at radius 3 is 2.43 bits per heavy atom. The van der Waals surface area contributed by atoms with Crippen LogP contribution in [0.4, 0.5) is 0 Å². The summed E-state index contributed by atoms with van der Waals surface area (Å²) in [5.74, 6) is -5.12. The molecule has 0 aromatic carbocycles. The number of rotatable bonds is 6. The van der Waals surface area contributed by atoms with E-state index in [0.29, 0.717) is 12.8 Å². The lowest BCUT2D eigenvalue weighted by Crippen LogP contribution is -2.68. The van der Waals surface area contributed by atoms with Crippen molar-refractivity contribution in [3.63, 3.8) is 0 Å². The van der Waals surface area contributed by atoms with Crippen LogP contribution in [0.25, 0.3) is 0 Å². The highest BCUT2D eigenvalue weighted by Crippen LogP contribution is 2.77. The molecule has 0 bridgehead atoms. The van der Waals surface area contributed by atoms with E-state index < -0.39 is 76.3 Å². The van der Waals surface area contributed by atoms with E-state index in [0.717, 1.165) is 5.57 Å². The number of ketones is 2. The van der Waals surface area contributed by atoms with Crippen LogP contribution >= 0.6 is 0 Å². The standard InChI is InChI=1S/C25H30O10/c1-21-6-5-13(26)7-12(21)3-4-14-15-9-23(33,11-19(30)31)25(34,20(32)16(27)8-18(28)29)22(15,2)10-17-24(14,21)35-17/h5-7,14-17,27,33-34H,3-4,8-11H2,1-2H3,(H,28,29)(H,30,31)/t14-,15-,16?,17-,21-,22-,23-,24+,25-/m0/s1. The topological polar surface area (TPSA) is 182 Å². The monoisotopic (exact) mass is 490 g/mol. The van der Waals surface area contributed by atoms with E-state index in [-0.39, 0.29) is 24.5 Å². The van der Waals surface area contributed by atoms with Gasteiger partial charge in [-0.15, -0.1) is 0 Å². The minimum atomic E-state index is -2.70. The number of aliphatic carboxylic acids is 2. The second-order valence-corrected chi connectivity index (χ2v) is 11.4. The lowest BCUT2D eigenvalue weighted by Gasteiger charge is -2.55. The third-order valence-electron chi connectivity index (χ3n) is 9.85. The molecule has 10 nitrogen and oxygen atoms in total. The molecule has 1 saturated heterocycles. The molecule has 5 aliphatic rings. The summed E-state index contributed by atoms with van der Waals surface area (Å²) in [7, 11) is 0. The van der Waals surface area contributed by atoms with Gasteiger partial charge < -0.3 is 30.3 Å². The van der Waals surface area contributed by atoms with Crippen molar-refractivity contribution in [3.8, 4) is 0 Å². The number of hydrogen-bond donors (Lipinski definition) is 5. The first-order valence-electron chi connectivity index (χ1n) is 11.9. The van der Waals surface area contributed by atoms with Gasteiger partial charge in [0.2, 0.25) is 0 Å². The van der Waals surface area contributed by atoms with Crippen LogP contribution in [0.2, 0.25) is 0 Å². The summed E-state index contributed by atoms with van der Waals surface area (Å²) < 4.78 is 6.35. The number of hydrogen-bond acceptors (Lipinski definition) is 8. The van der Waals surface area contributed by atoms with E-state index in [1.54, 1.807) is 13.0 Å². The lowest BCUT2D eigenvalue weighted by atomic mass is 9.46. The molecule has 4 aliphatic carbocycles. The summed E-state index contributed by atoms with van der Waals surface area (Å²) in [4.78, 5) is 48.4. The first-order valence-corrected chi connectivity index (χ1v) is 11.9. The van der Waals surface area contributed by atoms with Crippen LogP contribution in [-0.2, 0) is 23.9 Å². The smallest absolute Gasteiger partial charge is 0.306 e. The van der Waals surface area contributed by atoms with Gasteiger partial charge in [0.15, 0.2) is 17.2 Å². The van der Waals surface area contributed by atoms with Crippen molar-refractivity contribution in [1.82, 2.24) is 0 Å². The molecule has 0 amide bonds. The van der Waals surface area contributed by atoms with Crippen molar-refractivity contribution in [1.29, 1.82) is 0 Å². The van der Waals surface area contributed by atoms with Crippen LogP contribution in [0, 0.1) is 22.7 Å². The van der Waals surface area contributed by atoms with Crippen LogP contribution in [0.3, 0.4) is 0 Å². The Hall–Kier alpha value is -2.40. The number of carboxylic acids is 2. The zero-order valence-electron chi connectivity index (χ0n) is 19.6. The van der Waals surface area contributed by atoms with E-state index in [1.807, 2.05) is 13.0 Å². The maximum Gasteiger partial charge on any atom is 0.306 e. The van der Waals surface area contributed by atoms with Crippen molar-refractivity contribution >= 4 is 23.5 Å². The number of aliphatic hydroxyl groups excluding tert-OH is 1. The number of carbonyl (C=O) groups is 4. The third-order valence-corrected chi connectivity index (χ3v) is 9.85. The van der Waals surface area contributed by atoms with Gasteiger partial charge in [-0.25, -0.2) is 0 Å². The van der Waals surface area contributed by atoms with Gasteiger partial charge in [-0.1, -0.05) is 18.6 Å². The van der Waals surface area contributed by atoms with Gasteiger partial charge in [0.25, 0.3) is 0 Å². The second-order valence-electron chi connectivity index (χ2n) is 11.4. The molecule has 10 heteroatoms. The molecule has 5 rings (SSSR count). The Bertz CT molecular complexity index is 1110. The van der Waals surface area contributed by atoms with Crippen LogP contribution in [0.15, 0.2) is 23.8 Å². The van der Waals surface area contributed by atoms with Gasteiger partial charge in [0, 0.05) is 10.8 Å². The summed E-state index contributed by atoms with van der Waals surface area (Å²) >= 11 is 0. The maximum atomic E-state index is 13.5. The SMILES string of the molecule is C[C@]12C=CC(=O)C=C1CC[C@H]1[C@@H]3C[C@](O)(CC(=O)O)[C@](O)(C(=O)C(O)CC(=O)O)[C@@]3(C)C[C@@H]3O[C@@]312. The Balaban J connectivity index is 1.61. The number of carboxylic acid groups (broad SMARTS) is 2. The molecule has 0 aromatic rings. The first kappa shape index (κ1) is 24.3. The number of epoxide rings is 1. The van der Waals surface area contributed by atoms with Crippen LogP contribution in [0.1, 0.15) is 52.4 Å². The minimum absolute atomic E-state index is 0.1000. The molecule has 1 heterocycles. The van der Waals surface area contributed by atoms with Crippen molar-refractivity contribution in [2.24, 2.45) is 22.7 Å². The van der Waals surface area contributed by atoms with Gasteiger partial charge in [-0.05, 0) is 56.6 Å². The van der Waals surface area contributed by atoms with E-state index in [9.17, 15) is 39.6 Å². The molecule has 190 valence electrons. The zero-order valence-corrected chi connectivity index (χ0v) is 19.6. The summed E-state index contributed by atoms with van der Waals surface area (Å²) in [6.07, 6.45) is 1.46. The van der Waals surface area contributed by atoms with Gasteiger partial charge in [0.05, 0.1) is 18.9 Å². The predicted molar refractivity (Wildman–Crippen MR) is 117 cm³/mol. The predicted octanol–water partition coefficient (Wildman–Crippen LogP) is 0.377. The van der Waals surface area contributed by atoms with Gasteiger partial charge in [-0.2, -0.15) is 0 Å². The number of fused-ring (bicyclic) bond motifs is 3. The molecule has 0 aromatic heterocycles. The molecule has 3 saturated carbocycles. The van der Waals surface area contributed by atoms with E-state index >= 15 is 0 Å². The number of ether oxygens (including phenoxy) is 1. The highest BCUT2D eigenvalue weighted by Gasteiger charge is 2.85. The Labute approximate surface area is 201 Å². The summed E-state index contributed by atoms with van der Waals surface area (Å²) in [5, 5.41) is 52.6. The summed E-state index contributed by atoms with van der Waals surface area (Å²) in [6.45, 7) is 3.59. The van der Waals surface area contributed by atoms with Gasteiger partial charge >= 0.3 is 11.9 Å². The lowest BCUT2D eigenvalue weighted by molar-refractivity contribution is -0.205. The quantitative estimate of drug-likeness (QED) is 0.326. The van der Waals surface area contributed by atoms with Crippen LogP contribution in [0.5, 0.6) is 0 Å². The summed E-state index contributed by atoms with van der Waals surface area (Å²) in [6, 6.07) is 0. The molecule has 0 radical (unpaired) electrons. The first-order chi connectivity index (χ1) is 16.2. The Kier molecular flexibility index (Phi) is 4.92. The van der Waals surface area contributed by atoms with Crippen LogP contribution < -0.4 is 0 Å². The average Bonchev–Trinajstić information content (AvgIpc) is 3.43. The van der Waals surface area contributed by atoms with Crippen molar-refractivity contribution in [2.45, 2.75) is 81.4 Å². The zero-order chi connectivity index (χ0) is 25.8. The highest BCUT2D eigenvalue weighted by atomic mass is 16.6. The molecular formula is C25H30O10. The molecule has 9 atom stereocenters. The van der Waals surface area contributed by atoms with Crippen LogP contribution in [-0.4, -0.2) is 78.0 Å². The Morgan fingerprint density at radius 2 is 1.80 bits per heavy atom. The average molecular weight is 491 g/mol. The molecule has 1 unspecified atom stereocenters. The number of Topliss-reactive ketones (excluding diaryl/α,β-unsaturated/α-hetero) is 1. The van der Waals surface area contributed by atoms with Crippen molar-refractivity contribution in [2.75, 3.05) is 0 Å². The minimum Gasteiger partial charge on any atom is -0.481 e. The number of aliphatic hydroxyl groups is 3. The fourth-order valence-corrected chi connectivity index (χ4v) is 8.29. The number of allylic oxidation sites excluding steroid dienone is 2. The Morgan fingerprint density at radius 1 is 1.11 bits per heavy atom. The fraction of sp³-hybridized carbons (Fsp3) is 0.680. The maximum absolute atomic E-state index is 13.5. The fourth-order valence-electron chi connectivity index (χ4n) is 8.29. The van der Waals surface area contributed by atoms with Gasteiger partial charge in [-0.3, -0.25) is 19.2 Å². The normalized spacial score (nSPS) is 48.1. The van der Waals surface area contributed by atoms with Crippen molar-refractivity contribution < 1.29 is 49.4 Å². The second kappa shape index (κ2) is 7.09. The molecule has 5 N–H and O–H groups in total. The molecular weight excluding hydrogens is 460 g/mol. The van der Waals surface area contributed by atoms with E-state index in [2.05, 4.69) is 0 Å². The molecule has 35 heavy (non-hydrogen) atoms. The van der Waals surface area contributed by atoms with Crippen molar-refractivity contribution in [3.05, 3.63) is 23.8 Å². The van der Waals surface area contributed by atoms with E-state index in [1.165, 1.54) is 6.08 Å².